The summed E-state index contributed by atoms with van der Waals surface area (Å²) in [4.78, 5) is 2.43. The fourth-order valence-electron chi connectivity index (χ4n) is 2.75. The molecule has 1 heterocycles. The van der Waals surface area contributed by atoms with Gasteiger partial charge in [0.25, 0.3) is 0 Å². The molecule has 0 amide bonds. The normalized spacial score (nSPS) is 20.6. The van der Waals surface area contributed by atoms with Crippen LogP contribution in [0.2, 0.25) is 5.02 Å². The zero-order valence-electron chi connectivity index (χ0n) is 12.3. The van der Waals surface area contributed by atoms with E-state index in [0.717, 1.165) is 31.7 Å². The van der Waals surface area contributed by atoms with Crippen LogP contribution in [0, 0.1) is 11.7 Å². The molecule has 0 bridgehead atoms. The van der Waals surface area contributed by atoms with Gasteiger partial charge in [-0.15, -0.1) is 0 Å². The number of hydrogen-bond acceptors (Lipinski definition) is 2. The van der Waals surface area contributed by atoms with Crippen molar-refractivity contribution in [1.29, 1.82) is 0 Å². The molecule has 1 N–H and O–H groups in total. The smallest absolute Gasteiger partial charge is 0.124 e. The molecule has 2 rings (SSSR count). The second-order valence-electron chi connectivity index (χ2n) is 6.04. The number of nitrogens with zero attached hydrogens (tertiary/aromatic N) is 1. The Morgan fingerprint density at radius 3 is 2.95 bits per heavy atom. The van der Waals surface area contributed by atoms with E-state index < -0.39 is 0 Å². The Balaban J connectivity index is 1.89. The lowest BCUT2D eigenvalue weighted by atomic mass is 9.97. The predicted octanol–water partition coefficient (Wildman–Crippen LogP) is 3.69. The molecular weight excluding hydrogens is 275 g/mol. The van der Waals surface area contributed by atoms with Crippen molar-refractivity contribution in [2.45, 2.75) is 39.3 Å². The van der Waals surface area contributed by atoms with E-state index in [1.54, 1.807) is 6.07 Å². The van der Waals surface area contributed by atoms with Crippen LogP contribution in [0.15, 0.2) is 18.2 Å². The quantitative estimate of drug-likeness (QED) is 0.892. The third-order valence-electron chi connectivity index (χ3n) is 3.83. The van der Waals surface area contributed by atoms with Crippen LogP contribution in [-0.2, 0) is 6.54 Å². The molecule has 1 fully saturated rings. The van der Waals surface area contributed by atoms with Gasteiger partial charge in [-0.25, -0.2) is 4.39 Å². The molecule has 2 nitrogen and oxygen atoms in total. The molecular formula is C16H24ClFN2. The number of likely N-dealkylation sites (tertiary alicyclic amines) is 1. The monoisotopic (exact) mass is 298 g/mol. The molecule has 1 aromatic rings. The first-order valence-electron chi connectivity index (χ1n) is 7.44. The fraction of sp³-hybridized carbons (Fsp3) is 0.625. The van der Waals surface area contributed by atoms with E-state index >= 15 is 0 Å². The number of nitrogens with one attached hydrogen (secondary N) is 1. The zero-order chi connectivity index (χ0) is 14.5. The summed E-state index contributed by atoms with van der Waals surface area (Å²) in [5.74, 6) is 0.432. The summed E-state index contributed by atoms with van der Waals surface area (Å²) in [5.41, 5.74) is 1.02. The van der Waals surface area contributed by atoms with Gasteiger partial charge in [0.15, 0.2) is 0 Å². The standard InChI is InChI=1S/C16H24ClFN2/c1-12(2)19-9-13-4-3-7-20(10-13)11-14-5-6-15(18)8-16(14)17/h5-6,8,12-13,19H,3-4,7,9-11H2,1-2H3. The maximum Gasteiger partial charge on any atom is 0.124 e. The Kier molecular flexibility index (Phi) is 5.82. The van der Waals surface area contributed by atoms with Gasteiger partial charge in [0, 0.05) is 24.2 Å². The topological polar surface area (TPSA) is 15.3 Å². The highest BCUT2D eigenvalue weighted by molar-refractivity contribution is 6.31. The molecule has 1 saturated heterocycles. The molecule has 0 saturated carbocycles. The third kappa shape index (κ3) is 4.72. The highest BCUT2D eigenvalue weighted by atomic mass is 35.5. The van der Waals surface area contributed by atoms with Crippen LogP contribution in [0.1, 0.15) is 32.3 Å². The van der Waals surface area contributed by atoms with Crippen molar-refractivity contribution in [3.05, 3.63) is 34.6 Å². The van der Waals surface area contributed by atoms with Crippen LogP contribution in [0.4, 0.5) is 4.39 Å². The Labute approximate surface area is 126 Å². The van der Waals surface area contributed by atoms with Gasteiger partial charge in [0.05, 0.1) is 0 Å². The van der Waals surface area contributed by atoms with Crippen LogP contribution >= 0.6 is 11.6 Å². The Bertz CT molecular complexity index is 436. The summed E-state index contributed by atoms with van der Waals surface area (Å²) in [5, 5.41) is 4.05. The van der Waals surface area contributed by atoms with E-state index in [0.29, 0.717) is 17.0 Å². The van der Waals surface area contributed by atoms with E-state index in [-0.39, 0.29) is 5.82 Å². The van der Waals surface area contributed by atoms with Gasteiger partial charge < -0.3 is 5.32 Å². The van der Waals surface area contributed by atoms with E-state index in [4.69, 9.17) is 11.6 Å². The molecule has 0 radical (unpaired) electrons. The van der Waals surface area contributed by atoms with E-state index in [1.165, 1.54) is 25.0 Å². The molecule has 1 unspecified atom stereocenters. The molecule has 20 heavy (non-hydrogen) atoms. The number of piperidine rings is 1. The minimum atomic E-state index is -0.267. The number of halogens is 2. The van der Waals surface area contributed by atoms with E-state index in [2.05, 4.69) is 24.1 Å². The highest BCUT2D eigenvalue weighted by Crippen LogP contribution is 2.22. The molecule has 112 valence electrons. The van der Waals surface area contributed by atoms with Crippen molar-refractivity contribution in [2.75, 3.05) is 19.6 Å². The average Bonchev–Trinajstić information content (AvgIpc) is 2.40. The highest BCUT2D eigenvalue weighted by Gasteiger charge is 2.20. The van der Waals surface area contributed by atoms with Crippen molar-refractivity contribution in [2.24, 2.45) is 5.92 Å². The fourth-order valence-corrected chi connectivity index (χ4v) is 2.98. The second-order valence-corrected chi connectivity index (χ2v) is 6.45. The molecule has 1 aromatic carbocycles. The summed E-state index contributed by atoms with van der Waals surface area (Å²) < 4.78 is 13.1. The molecule has 0 spiro atoms. The second kappa shape index (κ2) is 7.39. The Hall–Kier alpha value is -0.640. The predicted molar refractivity (Wildman–Crippen MR) is 82.5 cm³/mol. The van der Waals surface area contributed by atoms with Crippen molar-refractivity contribution >= 4 is 11.6 Å². The van der Waals surface area contributed by atoms with Gasteiger partial charge in [0.1, 0.15) is 5.82 Å². The number of hydrogen-bond donors (Lipinski definition) is 1. The summed E-state index contributed by atoms with van der Waals surface area (Å²) >= 11 is 6.11. The molecule has 4 heteroatoms. The first-order valence-corrected chi connectivity index (χ1v) is 7.82. The zero-order valence-corrected chi connectivity index (χ0v) is 13.1. The van der Waals surface area contributed by atoms with Crippen molar-refractivity contribution in [3.63, 3.8) is 0 Å². The number of benzene rings is 1. The minimum Gasteiger partial charge on any atom is -0.314 e. The van der Waals surface area contributed by atoms with Gasteiger partial charge in [-0.3, -0.25) is 4.90 Å². The summed E-state index contributed by atoms with van der Waals surface area (Å²) in [6.45, 7) is 8.44. The largest absolute Gasteiger partial charge is 0.314 e. The summed E-state index contributed by atoms with van der Waals surface area (Å²) in [6, 6.07) is 5.23. The van der Waals surface area contributed by atoms with Gasteiger partial charge in [-0.1, -0.05) is 31.5 Å². The van der Waals surface area contributed by atoms with Crippen molar-refractivity contribution < 1.29 is 4.39 Å². The first-order chi connectivity index (χ1) is 9.54. The Morgan fingerprint density at radius 1 is 1.45 bits per heavy atom. The van der Waals surface area contributed by atoms with Crippen molar-refractivity contribution in [3.8, 4) is 0 Å². The van der Waals surface area contributed by atoms with Gasteiger partial charge in [-0.2, -0.15) is 0 Å². The lowest BCUT2D eigenvalue weighted by molar-refractivity contribution is 0.164. The van der Waals surface area contributed by atoms with Gasteiger partial charge in [0.2, 0.25) is 0 Å². The first kappa shape index (κ1) is 15.7. The third-order valence-corrected chi connectivity index (χ3v) is 4.18. The van der Waals surface area contributed by atoms with Crippen LogP contribution < -0.4 is 5.32 Å². The van der Waals surface area contributed by atoms with Gasteiger partial charge >= 0.3 is 0 Å². The van der Waals surface area contributed by atoms with Crippen LogP contribution in [0.3, 0.4) is 0 Å². The molecule has 1 aliphatic heterocycles. The number of rotatable bonds is 5. The van der Waals surface area contributed by atoms with E-state index in [1.807, 2.05) is 0 Å². The molecule has 1 atom stereocenters. The SMILES string of the molecule is CC(C)NCC1CCCN(Cc2ccc(F)cc2Cl)C1. The summed E-state index contributed by atoms with van der Waals surface area (Å²) in [6.07, 6.45) is 2.51. The van der Waals surface area contributed by atoms with Crippen molar-refractivity contribution in [1.82, 2.24) is 10.2 Å². The van der Waals surface area contributed by atoms with E-state index in [9.17, 15) is 4.39 Å². The lowest BCUT2D eigenvalue weighted by Gasteiger charge is -2.33. The van der Waals surface area contributed by atoms with Crippen LogP contribution in [0.25, 0.3) is 0 Å². The maximum atomic E-state index is 13.1. The maximum absolute atomic E-state index is 13.1. The van der Waals surface area contributed by atoms with Crippen LogP contribution in [-0.4, -0.2) is 30.6 Å². The lowest BCUT2D eigenvalue weighted by Crippen LogP contribution is -2.40. The minimum absolute atomic E-state index is 0.267. The average molecular weight is 299 g/mol. The molecule has 0 aliphatic carbocycles. The Morgan fingerprint density at radius 2 is 2.25 bits per heavy atom. The van der Waals surface area contributed by atoms with Gasteiger partial charge in [-0.05, 0) is 49.5 Å². The molecule has 0 aromatic heterocycles. The van der Waals surface area contributed by atoms with Crippen LogP contribution in [0.5, 0.6) is 0 Å². The molecule has 1 aliphatic rings. The summed E-state index contributed by atoms with van der Waals surface area (Å²) in [7, 11) is 0.